The topological polar surface area (TPSA) is 29.1 Å². The minimum Gasteiger partial charge on any atom is -0.352 e. The van der Waals surface area contributed by atoms with Crippen molar-refractivity contribution in [3.8, 4) is 0 Å². The highest BCUT2D eigenvalue weighted by Crippen LogP contribution is 2.36. The van der Waals surface area contributed by atoms with E-state index in [1.165, 1.54) is 0 Å². The second kappa shape index (κ2) is 6.58. The number of halogens is 6. The molecule has 0 radical (unpaired) electrons. The number of rotatable bonds is 4. The number of hydrogen-bond acceptors (Lipinski definition) is 1. The van der Waals surface area contributed by atoms with Crippen LogP contribution in [0.15, 0.2) is 18.2 Å². The summed E-state index contributed by atoms with van der Waals surface area (Å²) in [6, 6.07) is 0.824. The van der Waals surface area contributed by atoms with Gasteiger partial charge in [0.1, 0.15) is 0 Å². The van der Waals surface area contributed by atoms with Crippen molar-refractivity contribution in [1.29, 1.82) is 0 Å². The Kier molecular flexibility index (Phi) is 5.48. The van der Waals surface area contributed by atoms with E-state index in [4.69, 9.17) is 0 Å². The van der Waals surface area contributed by atoms with Crippen molar-refractivity contribution in [3.05, 3.63) is 34.9 Å². The zero-order valence-corrected chi connectivity index (χ0v) is 11.9. The van der Waals surface area contributed by atoms with Gasteiger partial charge in [0.15, 0.2) is 0 Å². The van der Waals surface area contributed by atoms with Gasteiger partial charge in [0.05, 0.1) is 11.1 Å². The molecule has 0 aliphatic heterocycles. The zero-order chi connectivity index (χ0) is 17.1. The number of nitrogens with one attached hydrogen (secondary N) is 1. The van der Waals surface area contributed by atoms with Crippen molar-refractivity contribution in [2.24, 2.45) is 5.92 Å². The van der Waals surface area contributed by atoms with E-state index in [2.05, 4.69) is 5.32 Å². The number of amides is 1. The SMILES string of the molecule is CC(C)CCNC(=O)c1cc(C(F)(F)F)cc(C(F)(F)F)c1. The Bertz CT molecular complexity index is 501. The molecule has 0 aliphatic carbocycles. The first-order valence-corrected chi connectivity index (χ1v) is 6.49. The summed E-state index contributed by atoms with van der Waals surface area (Å²) in [4.78, 5) is 11.7. The first-order valence-electron chi connectivity index (χ1n) is 6.49. The van der Waals surface area contributed by atoms with E-state index in [1.807, 2.05) is 13.8 Å². The molecule has 0 aliphatic rings. The molecule has 1 N–H and O–H groups in total. The third-order valence-electron chi connectivity index (χ3n) is 2.86. The lowest BCUT2D eigenvalue weighted by Gasteiger charge is -2.14. The molecule has 0 saturated heterocycles. The van der Waals surface area contributed by atoms with Crippen molar-refractivity contribution in [2.45, 2.75) is 32.6 Å². The number of benzene rings is 1. The summed E-state index contributed by atoms with van der Waals surface area (Å²) in [6.07, 6.45) is -9.36. The van der Waals surface area contributed by atoms with E-state index >= 15 is 0 Å². The molecule has 0 aromatic heterocycles. The number of carbonyl (C=O) groups is 1. The number of carbonyl (C=O) groups excluding carboxylic acids is 1. The molecule has 1 aromatic carbocycles. The molecule has 0 unspecified atom stereocenters. The Morgan fingerprint density at radius 3 is 1.82 bits per heavy atom. The third kappa shape index (κ3) is 5.23. The van der Waals surface area contributed by atoms with Crippen LogP contribution in [0, 0.1) is 5.92 Å². The summed E-state index contributed by atoms with van der Waals surface area (Å²) < 4.78 is 75.9. The van der Waals surface area contributed by atoms with E-state index in [0.29, 0.717) is 18.6 Å². The van der Waals surface area contributed by atoms with Gasteiger partial charge in [0.25, 0.3) is 5.91 Å². The van der Waals surface area contributed by atoms with Crippen molar-refractivity contribution < 1.29 is 31.1 Å². The van der Waals surface area contributed by atoms with Crippen LogP contribution in [0.2, 0.25) is 0 Å². The summed E-state index contributed by atoms with van der Waals surface area (Å²) in [5.41, 5.74) is -3.67. The second-order valence-corrected chi connectivity index (χ2v) is 5.23. The largest absolute Gasteiger partial charge is 0.416 e. The molecule has 1 amide bonds. The van der Waals surface area contributed by atoms with Gasteiger partial charge in [-0.25, -0.2) is 0 Å². The fourth-order valence-corrected chi connectivity index (χ4v) is 1.66. The van der Waals surface area contributed by atoms with E-state index in [0.717, 1.165) is 0 Å². The summed E-state index contributed by atoms with van der Waals surface area (Å²) >= 11 is 0. The van der Waals surface area contributed by atoms with Gasteiger partial charge in [-0.1, -0.05) is 13.8 Å². The lowest BCUT2D eigenvalue weighted by molar-refractivity contribution is -0.143. The molecule has 0 atom stereocenters. The lowest BCUT2D eigenvalue weighted by Crippen LogP contribution is -2.26. The Labute approximate surface area is 123 Å². The van der Waals surface area contributed by atoms with Crippen molar-refractivity contribution in [3.63, 3.8) is 0 Å². The summed E-state index contributed by atoms with van der Waals surface area (Å²) in [7, 11) is 0. The van der Waals surface area contributed by atoms with Crippen LogP contribution in [-0.4, -0.2) is 12.5 Å². The number of hydrogen-bond donors (Lipinski definition) is 1. The Morgan fingerprint density at radius 1 is 1.00 bits per heavy atom. The highest BCUT2D eigenvalue weighted by atomic mass is 19.4. The lowest BCUT2D eigenvalue weighted by atomic mass is 10.0. The van der Waals surface area contributed by atoms with Crippen LogP contribution in [0.5, 0.6) is 0 Å². The quantitative estimate of drug-likeness (QED) is 0.811. The van der Waals surface area contributed by atoms with Crippen molar-refractivity contribution >= 4 is 5.91 Å². The normalized spacial score (nSPS) is 12.6. The standard InChI is InChI=1S/C14H15F6NO/c1-8(2)3-4-21-12(22)9-5-10(13(15,16)17)7-11(6-9)14(18,19)20/h5-8H,3-4H2,1-2H3,(H,21,22). The van der Waals surface area contributed by atoms with Crippen molar-refractivity contribution in [1.82, 2.24) is 5.32 Å². The van der Waals surface area contributed by atoms with Gasteiger partial charge in [-0.15, -0.1) is 0 Å². The van der Waals surface area contributed by atoms with Crippen molar-refractivity contribution in [2.75, 3.05) is 6.54 Å². The molecule has 124 valence electrons. The summed E-state index contributed by atoms with van der Waals surface area (Å²) in [5.74, 6) is -0.718. The Balaban J connectivity index is 3.10. The molecule has 2 nitrogen and oxygen atoms in total. The molecule has 1 aromatic rings. The van der Waals surface area contributed by atoms with Gasteiger partial charge < -0.3 is 5.32 Å². The third-order valence-corrected chi connectivity index (χ3v) is 2.86. The Morgan fingerprint density at radius 2 is 1.45 bits per heavy atom. The second-order valence-electron chi connectivity index (χ2n) is 5.23. The fourth-order valence-electron chi connectivity index (χ4n) is 1.66. The minimum absolute atomic E-state index is 0.00903. The molecule has 0 bridgehead atoms. The first kappa shape index (κ1) is 18.3. The van der Waals surface area contributed by atoms with E-state index in [9.17, 15) is 31.1 Å². The van der Waals surface area contributed by atoms with Gasteiger partial charge in [-0.2, -0.15) is 26.3 Å². The molecule has 0 spiro atoms. The summed E-state index contributed by atoms with van der Waals surface area (Å²) in [5, 5.41) is 2.31. The molecule has 0 fully saturated rings. The number of alkyl halides is 6. The fraction of sp³-hybridized carbons (Fsp3) is 0.500. The van der Waals surface area contributed by atoms with E-state index in [1.54, 1.807) is 0 Å². The smallest absolute Gasteiger partial charge is 0.352 e. The molecule has 8 heteroatoms. The molecule has 22 heavy (non-hydrogen) atoms. The van der Waals surface area contributed by atoms with Crippen LogP contribution in [0.25, 0.3) is 0 Å². The zero-order valence-electron chi connectivity index (χ0n) is 11.9. The summed E-state index contributed by atoms with van der Waals surface area (Å²) in [6.45, 7) is 3.92. The molecular weight excluding hydrogens is 312 g/mol. The van der Waals surface area contributed by atoms with Crippen LogP contribution >= 0.6 is 0 Å². The molecular formula is C14H15F6NO. The Hall–Kier alpha value is -1.73. The van der Waals surface area contributed by atoms with Crippen LogP contribution in [0.3, 0.4) is 0 Å². The highest BCUT2D eigenvalue weighted by molar-refractivity contribution is 5.94. The van der Waals surface area contributed by atoms with Gasteiger partial charge in [-0.3, -0.25) is 4.79 Å². The maximum atomic E-state index is 12.7. The average molecular weight is 327 g/mol. The molecule has 0 heterocycles. The van der Waals surface area contributed by atoms with E-state index in [-0.39, 0.29) is 18.5 Å². The maximum Gasteiger partial charge on any atom is 0.416 e. The van der Waals surface area contributed by atoms with Crippen LogP contribution in [0.1, 0.15) is 41.8 Å². The van der Waals surface area contributed by atoms with Gasteiger partial charge in [-0.05, 0) is 30.5 Å². The average Bonchev–Trinajstić information content (AvgIpc) is 2.35. The molecule has 1 rings (SSSR count). The van der Waals surface area contributed by atoms with Gasteiger partial charge >= 0.3 is 12.4 Å². The van der Waals surface area contributed by atoms with Gasteiger partial charge in [0.2, 0.25) is 0 Å². The molecule has 0 saturated carbocycles. The van der Waals surface area contributed by atoms with Crippen LogP contribution in [-0.2, 0) is 12.4 Å². The predicted molar refractivity (Wildman–Crippen MR) is 68.2 cm³/mol. The van der Waals surface area contributed by atoms with Crippen LogP contribution in [0.4, 0.5) is 26.3 Å². The highest BCUT2D eigenvalue weighted by Gasteiger charge is 2.37. The first-order chi connectivity index (χ1) is 9.91. The maximum absolute atomic E-state index is 12.7. The van der Waals surface area contributed by atoms with E-state index < -0.39 is 35.0 Å². The monoisotopic (exact) mass is 327 g/mol. The van der Waals surface area contributed by atoms with Gasteiger partial charge in [0, 0.05) is 12.1 Å². The predicted octanol–water partition coefficient (Wildman–Crippen LogP) is 4.50. The minimum atomic E-state index is -4.96. The van der Waals surface area contributed by atoms with Crippen LogP contribution < -0.4 is 5.32 Å².